The molecular weight excluding hydrogens is 377 g/mol. The molecule has 1 N–H and O–H groups in total. The van der Waals surface area contributed by atoms with E-state index in [1.165, 1.54) is 18.2 Å². The Labute approximate surface area is 153 Å². The van der Waals surface area contributed by atoms with Crippen LogP contribution in [0.3, 0.4) is 0 Å². The van der Waals surface area contributed by atoms with E-state index in [2.05, 4.69) is 9.97 Å². The molecule has 0 radical (unpaired) electrons. The van der Waals surface area contributed by atoms with Gasteiger partial charge in [-0.2, -0.15) is 0 Å². The number of amides is 1. The van der Waals surface area contributed by atoms with Crippen molar-refractivity contribution in [3.8, 4) is 0 Å². The minimum atomic E-state index is -1.30. The number of rotatable bonds is 5. The van der Waals surface area contributed by atoms with Crippen molar-refractivity contribution in [2.45, 2.75) is 19.8 Å². The molecule has 9 heteroatoms. The molecule has 0 saturated carbocycles. The van der Waals surface area contributed by atoms with Gasteiger partial charge < -0.3 is 9.90 Å². The summed E-state index contributed by atoms with van der Waals surface area (Å²) in [5.74, 6) is 0.354. The summed E-state index contributed by atoms with van der Waals surface area (Å²) in [6.45, 7) is 1.59. The molecule has 0 spiro atoms. The summed E-state index contributed by atoms with van der Waals surface area (Å²) < 4.78 is 0. The number of carboxylic acid groups (broad SMARTS) is 1. The van der Waals surface area contributed by atoms with Crippen molar-refractivity contribution < 1.29 is 14.7 Å². The van der Waals surface area contributed by atoms with Crippen LogP contribution in [0.25, 0.3) is 0 Å². The first-order chi connectivity index (χ1) is 11.3. The molecular formula is C15H12Cl3N3O3. The van der Waals surface area contributed by atoms with E-state index in [0.717, 1.165) is 4.90 Å². The van der Waals surface area contributed by atoms with Crippen LogP contribution in [0.2, 0.25) is 15.2 Å². The normalized spacial score (nSPS) is 10.5. The molecule has 24 heavy (non-hydrogen) atoms. The topological polar surface area (TPSA) is 83.4 Å². The summed E-state index contributed by atoms with van der Waals surface area (Å²) in [5, 5.41) is 10.3. The predicted molar refractivity (Wildman–Crippen MR) is 92.8 cm³/mol. The fraction of sp³-hybridized carbons (Fsp3) is 0.200. The number of hydrogen-bond donors (Lipinski definition) is 1. The Balaban J connectivity index is 2.67. The van der Waals surface area contributed by atoms with E-state index in [1.807, 2.05) is 0 Å². The van der Waals surface area contributed by atoms with Gasteiger partial charge in [0.15, 0.2) is 5.82 Å². The third kappa shape index (κ3) is 3.95. The molecule has 1 aromatic heterocycles. The lowest BCUT2D eigenvalue weighted by Gasteiger charge is -2.23. The molecule has 0 atom stereocenters. The van der Waals surface area contributed by atoms with Gasteiger partial charge in [0.1, 0.15) is 17.3 Å². The van der Waals surface area contributed by atoms with Crippen molar-refractivity contribution in [3.63, 3.8) is 0 Å². The fourth-order valence-corrected chi connectivity index (χ4v) is 2.92. The van der Waals surface area contributed by atoms with E-state index in [9.17, 15) is 14.7 Å². The molecule has 0 aliphatic rings. The monoisotopic (exact) mass is 387 g/mol. The number of halogens is 3. The highest BCUT2D eigenvalue weighted by atomic mass is 35.5. The van der Waals surface area contributed by atoms with Crippen molar-refractivity contribution in [1.29, 1.82) is 0 Å². The van der Waals surface area contributed by atoms with E-state index in [0.29, 0.717) is 22.7 Å². The number of anilines is 2. The van der Waals surface area contributed by atoms with Gasteiger partial charge in [0.05, 0.1) is 10.7 Å². The minimum absolute atomic E-state index is 0.0612. The summed E-state index contributed by atoms with van der Waals surface area (Å²) in [6.07, 6.45) is -0.241. The zero-order chi connectivity index (χ0) is 17.9. The van der Waals surface area contributed by atoms with E-state index in [1.54, 1.807) is 6.92 Å². The van der Waals surface area contributed by atoms with Crippen LogP contribution >= 0.6 is 34.8 Å². The first kappa shape index (κ1) is 18.4. The zero-order valence-corrected chi connectivity index (χ0v) is 14.7. The molecule has 0 aliphatic heterocycles. The Kier molecular flexibility index (Phi) is 5.99. The van der Waals surface area contributed by atoms with Crippen molar-refractivity contribution >= 4 is 58.7 Å². The predicted octanol–water partition coefficient (Wildman–Crippen LogP) is 4.69. The largest absolute Gasteiger partial charge is 0.464 e. The average molecular weight is 389 g/mol. The van der Waals surface area contributed by atoms with Gasteiger partial charge in [-0.25, -0.2) is 19.7 Å². The van der Waals surface area contributed by atoms with Crippen LogP contribution in [0.4, 0.5) is 16.3 Å². The molecule has 1 aromatic carbocycles. The van der Waals surface area contributed by atoms with E-state index < -0.39 is 6.09 Å². The second-order valence-corrected chi connectivity index (χ2v) is 5.98. The number of carbonyl (C=O) groups is 2. The highest BCUT2D eigenvalue weighted by molar-refractivity contribution is 6.37. The second-order valence-electron chi connectivity index (χ2n) is 4.78. The molecule has 2 rings (SSSR count). The van der Waals surface area contributed by atoms with Gasteiger partial charge in [0, 0.05) is 17.0 Å². The maximum absolute atomic E-state index is 11.8. The number of nitrogens with zero attached hydrogens (tertiary/aromatic N) is 3. The Morgan fingerprint density at radius 1 is 1.29 bits per heavy atom. The van der Waals surface area contributed by atoms with E-state index in [-0.39, 0.29) is 34.5 Å². The summed E-state index contributed by atoms with van der Waals surface area (Å²) >= 11 is 18.1. The summed E-state index contributed by atoms with van der Waals surface area (Å²) in [6, 6.07) is 4.40. The molecule has 0 fully saturated rings. The fourth-order valence-electron chi connectivity index (χ4n) is 2.12. The summed E-state index contributed by atoms with van der Waals surface area (Å²) in [4.78, 5) is 31.6. The molecule has 126 valence electrons. The Morgan fingerprint density at radius 2 is 2.00 bits per heavy atom. The Hall–Kier alpha value is -1.89. The number of aromatic nitrogens is 2. The molecule has 2 aromatic rings. The van der Waals surface area contributed by atoms with Gasteiger partial charge in [0.2, 0.25) is 0 Å². The maximum atomic E-state index is 11.8. The van der Waals surface area contributed by atoms with Gasteiger partial charge in [-0.1, -0.05) is 34.8 Å². The SMILES string of the molecule is Cc1nc(Cl)c(CCC=O)c(N(C(=O)O)c2ccc(Cl)cc2Cl)n1. The minimum Gasteiger partial charge on any atom is -0.464 e. The van der Waals surface area contributed by atoms with Crippen LogP contribution < -0.4 is 4.90 Å². The zero-order valence-electron chi connectivity index (χ0n) is 12.5. The first-order valence-electron chi connectivity index (χ1n) is 6.80. The van der Waals surface area contributed by atoms with Crippen LogP contribution in [0.1, 0.15) is 17.8 Å². The average Bonchev–Trinajstić information content (AvgIpc) is 2.48. The highest BCUT2D eigenvalue weighted by Gasteiger charge is 2.26. The molecule has 0 saturated heterocycles. The summed E-state index contributed by atoms with van der Waals surface area (Å²) in [5.41, 5.74) is 0.526. The lowest BCUT2D eigenvalue weighted by Crippen LogP contribution is -2.27. The van der Waals surface area contributed by atoms with Crippen LogP contribution in [0.5, 0.6) is 0 Å². The standard InChI is InChI=1S/C15H12Cl3N3O3/c1-8-19-13(18)10(3-2-6-22)14(20-8)21(15(23)24)12-5-4-9(16)7-11(12)17/h4-7H,2-3H2,1H3,(H,23,24). The van der Waals surface area contributed by atoms with E-state index >= 15 is 0 Å². The number of carbonyl (C=O) groups excluding carboxylic acids is 1. The van der Waals surface area contributed by atoms with Crippen LogP contribution in [0.15, 0.2) is 18.2 Å². The smallest absolute Gasteiger partial charge is 0.417 e. The molecule has 6 nitrogen and oxygen atoms in total. The highest BCUT2D eigenvalue weighted by Crippen LogP contribution is 2.36. The van der Waals surface area contributed by atoms with Crippen molar-refractivity contribution in [1.82, 2.24) is 9.97 Å². The van der Waals surface area contributed by atoms with Gasteiger partial charge in [-0.15, -0.1) is 0 Å². The number of aryl methyl sites for hydroxylation is 1. The third-order valence-electron chi connectivity index (χ3n) is 3.11. The van der Waals surface area contributed by atoms with Crippen LogP contribution in [0, 0.1) is 6.92 Å². The van der Waals surface area contributed by atoms with Crippen molar-refractivity contribution in [3.05, 3.63) is 44.8 Å². The van der Waals surface area contributed by atoms with Gasteiger partial charge >= 0.3 is 6.09 Å². The lowest BCUT2D eigenvalue weighted by atomic mass is 10.1. The maximum Gasteiger partial charge on any atom is 0.417 e. The van der Waals surface area contributed by atoms with Crippen LogP contribution in [-0.2, 0) is 11.2 Å². The quantitative estimate of drug-likeness (QED) is 0.593. The van der Waals surface area contributed by atoms with Crippen molar-refractivity contribution in [2.24, 2.45) is 0 Å². The second kappa shape index (κ2) is 7.79. The molecule has 0 unspecified atom stereocenters. The number of hydrogen-bond acceptors (Lipinski definition) is 4. The Morgan fingerprint density at radius 3 is 2.58 bits per heavy atom. The van der Waals surface area contributed by atoms with Gasteiger partial charge in [0.25, 0.3) is 0 Å². The first-order valence-corrected chi connectivity index (χ1v) is 7.93. The molecule has 0 bridgehead atoms. The van der Waals surface area contributed by atoms with Gasteiger partial charge in [-0.05, 0) is 31.5 Å². The number of benzene rings is 1. The summed E-state index contributed by atoms with van der Waals surface area (Å²) in [7, 11) is 0. The molecule has 1 heterocycles. The van der Waals surface area contributed by atoms with E-state index in [4.69, 9.17) is 34.8 Å². The van der Waals surface area contributed by atoms with Crippen molar-refractivity contribution in [2.75, 3.05) is 4.90 Å². The molecule has 0 aliphatic carbocycles. The number of aldehydes is 1. The lowest BCUT2D eigenvalue weighted by molar-refractivity contribution is -0.107. The van der Waals surface area contributed by atoms with Gasteiger partial charge in [-0.3, -0.25) is 0 Å². The van der Waals surface area contributed by atoms with Crippen LogP contribution in [-0.4, -0.2) is 27.5 Å². The Bertz CT molecular complexity index is 799. The molecule has 1 amide bonds. The third-order valence-corrected chi connectivity index (χ3v) is 3.96.